The van der Waals surface area contributed by atoms with E-state index in [2.05, 4.69) is 38.1 Å². The predicted octanol–water partition coefficient (Wildman–Crippen LogP) is 1.82. The van der Waals surface area contributed by atoms with Crippen LogP contribution in [0.25, 0.3) is 0 Å². The van der Waals surface area contributed by atoms with Crippen LogP contribution in [0.5, 0.6) is 0 Å². The minimum atomic E-state index is 1.11. The van der Waals surface area contributed by atoms with Gasteiger partial charge in [-0.2, -0.15) is 0 Å². The van der Waals surface area contributed by atoms with Crippen LogP contribution < -0.4 is 0 Å². The third-order valence-corrected chi connectivity index (χ3v) is 1.80. The summed E-state index contributed by atoms with van der Waals surface area (Å²) in [5.74, 6) is 0. The molecule has 10 heavy (non-hydrogen) atoms. The second-order valence-electron chi connectivity index (χ2n) is 3.13. The van der Waals surface area contributed by atoms with Gasteiger partial charge in [-0.1, -0.05) is 17.7 Å². The van der Waals surface area contributed by atoms with Gasteiger partial charge in [0.25, 0.3) is 0 Å². The average molecular weight is 137 g/mol. The van der Waals surface area contributed by atoms with Gasteiger partial charge in [-0.3, -0.25) is 0 Å². The second kappa shape index (κ2) is 3.02. The van der Waals surface area contributed by atoms with Gasteiger partial charge in [0.2, 0.25) is 0 Å². The summed E-state index contributed by atoms with van der Waals surface area (Å²) in [5.41, 5.74) is 3.01. The molecular weight excluding hydrogens is 122 g/mol. The molecule has 0 N–H and O–H groups in total. The van der Waals surface area contributed by atoms with E-state index in [1.54, 1.807) is 5.57 Å². The minimum absolute atomic E-state index is 1.11. The van der Waals surface area contributed by atoms with Crippen molar-refractivity contribution in [2.75, 3.05) is 20.6 Å². The van der Waals surface area contributed by atoms with Gasteiger partial charge < -0.3 is 4.90 Å². The topological polar surface area (TPSA) is 3.24 Å². The van der Waals surface area contributed by atoms with Crippen LogP contribution in [0.2, 0.25) is 0 Å². The molecule has 0 aliphatic heterocycles. The molecule has 0 saturated carbocycles. The van der Waals surface area contributed by atoms with Crippen LogP contribution in [0.1, 0.15) is 13.3 Å². The lowest BCUT2D eigenvalue weighted by Crippen LogP contribution is -2.14. The van der Waals surface area contributed by atoms with E-state index in [-0.39, 0.29) is 0 Å². The quantitative estimate of drug-likeness (QED) is 0.561. The maximum absolute atomic E-state index is 2.23. The second-order valence-corrected chi connectivity index (χ2v) is 3.13. The maximum Gasteiger partial charge on any atom is 0.0195 e. The van der Waals surface area contributed by atoms with Crippen molar-refractivity contribution in [2.45, 2.75) is 13.3 Å². The van der Waals surface area contributed by atoms with Gasteiger partial charge in [-0.25, -0.2) is 0 Å². The third-order valence-electron chi connectivity index (χ3n) is 1.80. The summed E-state index contributed by atoms with van der Waals surface area (Å²) in [6.07, 6.45) is 5.59. The van der Waals surface area contributed by atoms with E-state index in [1.165, 1.54) is 5.57 Å². The average Bonchev–Trinajstić information content (AvgIpc) is 2.15. The summed E-state index contributed by atoms with van der Waals surface area (Å²) < 4.78 is 0. The number of nitrogens with zero attached hydrogens (tertiary/aromatic N) is 1. The van der Waals surface area contributed by atoms with E-state index in [0.29, 0.717) is 0 Å². The maximum atomic E-state index is 2.23. The Labute approximate surface area is 63.0 Å². The minimum Gasteiger partial charge on any atom is -0.305 e. The molecule has 1 rings (SSSR count). The summed E-state index contributed by atoms with van der Waals surface area (Å²) in [6.45, 7) is 3.29. The monoisotopic (exact) mass is 137 g/mol. The Hall–Kier alpha value is -0.560. The van der Waals surface area contributed by atoms with Gasteiger partial charge in [0, 0.05) is 6.54 Å². The lowest BCUT2D eigenvalue weighted by atomic mass is 10.1. The molecule has 0 aromatic heterocycles. The first-order chi connectivity index (χ1) is 4.70. The molecule has 0 aromatic carbocycles. The van der Waals surface area contributed by atoms with E-state index >= 15 is 0 Å². The van der Waals surface area contributed by atoms with Crippen molar-refractivity contribution < 1.29 is 0 Å². The highest BCUT2D eigenvalue weighted by Gasteiger charge is 2.04. The Morgan fingerprint density at radius 3 is 2.60 bits per heavy atom. The molecule has 0 heterocycles. The molecule has 1 heteroatoms. The molecule has 1 nitrogen and oxygen atoms in total. The predicted molar refractivity (Wildman–Crippen MR) is 45.0 cm³/mol. The number of rotatable bonds is 2. The van der Waals surface area contributed by atoms with Gasteiger partial charge >= 0.3 is 0 Å². The molecule has 0 spiro atoms. The first-order valence-electron chi connectivity index (χ1n) is 3.70. The van der Waals surface area contributed by atoms with Crippen molar-refractivity contribution in [3.63, 3.8) is 0 Å². The van der Waals surface area contributed by atoms with Gasteiger partial charge in [0.1, 0.15) is 0 Å². The molecule has 0 aromatic rings. The zero-order valence-electron chi connectivity index (χ0n) is 7.02. The van der Waals surface area contributed by atoms with Gasteiger partial charge in [0.15, 0.2) is 0 Å². The van der Waals surface area contributed by atoms with E-state index in [1.807, 2.05) is 0 Å². The van der Waals surface area contributed by atoms with Crippen molar-refractivity contribution in [3.05, 3.63) is 23.3 Å². The lowest BCUT2D eigenvalue weighted by molar-refractivity contribution is 0.442. The van der Waals surface area contributed by atoms with Crippen LogP contribution in [0.4, 0.5) is 0 Å². The number of hydrogen-bond donors (Lipinski definition) is 0. The van der Waals surface area contributed by atoms with Gasteiger partial charge in [0.05, 0.1) is 0 Å². The molecular formula is C9H15N. The number of allylic oxidation sites excluding steroid dienone is 3. The first-order valence-corrected chi connectivity index (χ1v) is 3.70. The van der Waals surface area contributed by atoms with Crippen molar-refractivity contribution in [3.8, 4) is 0 Å². The summed E-state index contributed by atoms with van der Waals surface area (Å²) in [6, 6.07) is 0. The highest BCUT2D eigenvalue weighted by molar-refractivity contribution is 5.32. The van der Waals surface area contributed by atoms with E-state index < -0.39 is 0 Å². The standard InChI is InChI=1S/C9H15N/c1-8-5-4-6-9(8)7-10(2)3/h4-5H,6-7H2,1-3H3. The van der Waals surface area contributed by atoms with E-state index in [0.717, 1.165) is 13.0 Å². The Kier molecular flexibility index (Phi) is 2.28. The molecule has 0 atom stereocenters. The van der Waals surface area contributed by atoms with Crippen LogP contribution in [0, 0.1) is 0 Å². The third kappa shape index (κ3) is 1.71. The lowest BCUT2D eigenvalue weighted by Gasteiger charge is -2.10. The van der Waals surface area contributed by atoms with Crippen molar-refractivity contribution in [1.29, 1.82) is 0 Å². The Bertz CT molecular complexity index is 175. The van der Waals surface area contributed by atoms with Crippen LogP contribution in [-0.2, 0) is 0 Å². The number of hydrogen-bond acceptors (Lipinski definition) is 1. The van der Waals surface area contributed by atoms with Crippen LogP contribution >= 0.6 is 0 Å². The zero-order valence-corrected chi connectivity index (χ0v) is 7.02. The molecule has 1 aliphatic carbocycles. The van der Waals surface area contributed by atoms with E-state index in [9.17, 15) is 0 Å². The highest BCUT2D eigenvalue weighted by Crippen LogP contribution is 2.18. The SMILES string of the molecule is CC1=C(CN(C)C)CC=C1. The normalized spacial score (nSPS) is 17.6. The van der Waals surface area contributed by atoms with Gasteiger partial charge in [-0.15, -0.1) is 0 Å². The fraction of sp³-hybridized carbons (Fsp3) is 0.556. The van der Waals surface area contributed by atoms with Crippen molar-refractivity contribution >= 4 is 0 Å². The summed E-state index contributed by atoms with van der Waals surface area (Å²) in [7, 11) is 4.22. The van der Waals surface area contributed by atoms with Crippen molar-refractivity contribution in [1.82, 2.24) is 4.90 Å². The van der Waals surface area contributed by atoms with Gasteiger partial charge in [-0.05, 0) is 33.0 Å². The van der Waals surface area contributed by atoms with Crippen LogP contribution in [0.15, 0.2) is 23.3 Å². The Morgan fingerprint density at radius 1 is 1.50 bits per heavy atom. The zero-order chi connectivity index (χ0) is 7.56. The Morgan fingerprint density at radius 2 is 2.20 bits per heavy atom. The summed E-state index contributed by atoms with van der Waals surface area (Å²) in [4.78, 5) is 2.21. The molecule has 0 unspecified atom stereocenters. The first kappa shape index (κ1) is 7.55. The summed E-state index contributed by atoms with van der Waals surface area (Å²) in [5, 5.41) is 0. The summed E-state index contributed by atoms with van der Waals surface area (Å²) >= 11 is 0. The molecule has 0 fully saturated rings. The van der Waals surface area contributed by atoms with E-state index in [4.69, 9.17) is 0 Å². The molecule has 0 saturated heterocycles. The van der Waals surface area contributed by atoms with Crippen LogP contribution in [-0.4, -0.2) is 25.5 Å². The fourth-order valence-corrected chi connectivity index (χ4v) is 1.23. The molecule has 0 amide bonds. The molecule has 0 bridgehead atoms. The molecule has 1 aliphatic rings. The molecule has 0 radical (unpaired) electrons. The smallest absolute Gasteiger partial charge is 0.0195 e. The largest absolute Gasteiger partial charge is 0.305 e. The number of likely N-dealkylation sites (N-methyl/N-ethyl adjacent to an activating group) is 1. The fourth-order valence-electron chi connectivity index (χ4n) is 1.23. The highest BCUT2D eigenvalue weighted by atomic mass is 15.0. The molecule has 56 valence electrons. The van der Waals surface area contributed by atoms with Crippen LogP contribution in [0.3, 0.4) is 0 Å². The Balaban J connectivity index is 2.51. The van der Waals surface area contributed by atoms with Crippen molar-refractivity contribution in [2.24, 2.45) is 0 Å².